The highest BCUT2D eigenvalue weighted by Crippen LogP contribution is 2.28. The first-order chi connectivity index (χ1) is 11.2. The topological polar surface area (TPSA) is 95.1 Å². The van der Waals surface area contributed by atoms with Crippen molar-refractivity contribution >= 4 is 6.01 Å². The maximum Gasteiger partial charge on any atom is 0.321 e. The summed E-state index contributed by atoms with van der Waals surface area (Å²) in [4.78, 5) is 16.2. The second kappa shape index (κ2) is 6.91. The molecule has 8 heteroatoms. The number of methoxy groups -OCH3 is 1. The van der Waals surface area contributed by atoms with Crippen molar-refractivity contribution in [3.05, 3.63) is 34.0 Å². The average molecular weight is 319 g/mol. The van der Waals surface area contributed by atoms with Crippen LogP contribution in [0.5, 0.6) is 0 Å². The third kappa shape index (κ3) is 3.76. The molecule has 0 aromatic carbocycles. The average Bonchev–Trinajstić information content (AvgIpc) is 2.98. The van der Waals surface area contributed by atoms with E-state index in [2.05, 4.69) is 20.6 Å². The summed E-state index contributed by atoms with van der Waals surface area (Å²) in [5.74, 6) is 0.527. The second-order valence-electron chi connectivity index (χ2n) is 5.86. The highest BCUT2D eigenvalue weighted by Gasteiger charge is 2.24. The number of hydrogen-bond acceptors (Lipinski definition) is 7. The van der Waals surface area contributed by atoms with Crippen molar-refractivity contribution in [2.75, 3.05) is 12.4 Å². The number of aromatic nitrogens is 4. The summed E-state index contributed by atoms with van der Waals surface area (Å²) in [5, 5.41) is 11.4. The van der Waals surface area contributed by atoms with Crippen LogP contribution in [0.15, 0.2) is 21.5 Å². The van der Waals surface area contributed by atoms with Gasteiger partial charge in [-0.05, 0) is 38.7 Å². The maximum absolute atomic E-state index is 11.9. The molecule has 0 spiro atoms. The summed E-state index contributed by atoms with van der Waals surface area (Å²) in [6, 6.07) is 4.18. The minimum Gasteiger partial charge on any atom is -0.377 e. The van der Waals surface area contributed by atoms with E-state index < -0.39 is 0 Å². The minimum atomic E-state index is -0.0342. The summed E-state index contributed by atoms with van der Waals surface area (Å²) in [5.41, 5.74) is 0.828. The van der Waals surface area contributed by atoms with Crippen LogP contribution in [0.3, 0.4) is 0 Å². The molecule has 1 fully saturated rings. The summed E-state index contributed by atoms with van der Waals surface area (Å²) in [6.45, 7) is 2.23. The fourth-order valence-electron chi connectivity index (χ4n) is 2.92. The van der Waals surface area contributed by atoms with Crippen LogP contribution in [0, 0.1) is 6.92 Å². The summed E-state index contributed by atoms with van der Waals surface area (Å²) in [7, 11) is 1.59. The third-order valence-corrected chi connectivity index (χ3v) is 4.07. The van der Waals surface area contributed by atoms with Gasteiger partial charge in [-0.2, -0.15) is 10.1 Å². The van der Waals surface area contributed by atoms with Gasteiger partial charge in [-0.1, -0.05) is 5.16 Å². The Morgan fingerprint density at radius 3 is 2.87 bits per heavy atom. The number of anilines is 1. The number of nitrogens with zero attached hydrogens (tertiary/aromatic N) is 4. The van der Waals surface area contributed by atoms with Gasteiger partial charge in [0.15, 0.2) is 5.82 Å². The van der Waals surface area contributed by atoms with Gasteiger partial charge in [-0.15, -0.1) is 0 Å². The van der Waals surface area contributed by atoms with E-state index in [1.54, 1.807) is 23.9 Å². The number of hydrogen-bond donors (Lipinski definition) is 1. The highest BCUT2D eigenvalue weighted by atomic mass is 16.5. The molecule has 0 radical (unpaired) electrons. The van der Waals surface area contributed by atoms with Crippen molar-refractivity contribution in [3.63, 3.8) is 0 Å². The first kappa shape index (κ1) is 15.7. The molecule has 8 nitrogen and oxygen atoms in total. The van der Waals surface area contributed by atoms with E-state index in [9.17, 15) is 4.79 Å². The molecule has 1 saturated carbocycles. The van der Waals surface area contributed by atoms with Gasteiger partial charge in [-0.3, -0.25) is 4.79 Å². The van der Waals surface area contributed by atoms with E-state index >= 15 is 0 Å². The number of rotatable bonds is 5. The molecule has 23 heavy (non-hydrogen) atoms. The van der Waals surface area contributed by atoms with E-state index in [0.717, 1.165) is 31.4 Å². The molecule has 124 valence electrons. The summed E-state index contributed by atoms with van der Waals surface area (Å²) < 4.78 is 11.7. The van der Waals surface area contributed by atoms with Crippen LogP contribution < -0.4 is 10.9 Å². The lowest BCUT2D eigenvalue weighted by Crippen LogP contribution is -2.33. The van der Waals surface area contributed by atoms with Crippen molar-refractivity contribution < 1.29 is 9.26 Å². The zero-order valence-electron chi connectivity index (χ0n) is 13.4. The van der Waals surface area contributed by atoms with Gasteiger partial charge in [0.05, 0.1) is 11.7 Å². The number of ether oxygens (including phenoxy) is 1. The summed E-state index contributed by atoms with van der Waals surface area (Å²) >= 11 is 0. The molecule has 0 aliphatic heterocycles. The fourth-order valence-corrected chi connectivity index (χ4v) is 2.92. The first-order valence-corrected chi connectivity index (χ1v) is 7.80. The molecule has 0 unspecified atom stereocenters. The molecule has 1 aliphatic carbocycles. The first-order valence-electron chi connectivity index (χ1n) is 7.80. The zero-order chi connectivity index (χ0) is 16.2. The van der Waals surface area contributed by atoms with Crippen LogP contribution in [-0.2, 0) is 11.3 Å². The molecular formula is C15H21N5O3. The number of nitrogens with one attached hydrogen (secondary N) is 1. The molecule has 2 aromatic heterocycles. The van der Waals surface area contributed by atoms with E-state index in [0.29, 0.717) is 18.4 Å². The van der Waals surface area contributed by atoms with Gasteiger partial charge in [0.25, 0.3) is 5.56 Å². The Labute approximate surface area is 133 Å². The Bertz CT molecular complexity index is 703. The molecule has 2 aromatic rings. The lowest BCUT2D eigenvalue weighted by molar-refractivity contribution is 0.174. The normalized spacial score (nSPS) is 21.3. The second-order valence-corrected chi connectivity index (χ2v) is 5.86. The Morgan fingerprint density at radius 2 is 2.13 bits per heavy atom. The molecular weight excluding hydrogens is 298 g/mol. The third-order valence-electron chi connectivity index (χ3n) is 4.07. The Hall–Kier alpha value is -2.22. The van der Waals surface area contributed by atoms with Crippen molar-refractivity contribution in [2.24, 2.45) is 0 Å². The van der Waals surface area contributed by atoms with Crippen LogP contribution in [0.2, 0.25) is 0 Å². The van der Waals surface area contributed by atoms with Crippen LogP contribution in [0.4, 0.5) is 6.01 Å². The van der Waals surface area contributed by atoms with Crippen molar-refractivity contribution in [1.82, 2.24) is 19.9 Å². The standard InChI is InChI=1S/C15H21N5O3/c1-10-3-8-14(21)20(18-10)12-6-4-11(5-7-12)16-15-17-13(9-22-2)19-23-15/h3,8,11-12H,4-7,9H2,1-2H3,(H,16,17,19). The van der Waals surface area contributed by atoms with E-state index in [4.69, 9.17) is 9.26 Å². The van der Waals surface area contributed by atoms with Gasteiger partial charge in [0.1, 0.15) is 6.61 Å². The van der Waals surface area contributed by atoms with Gasteiger partial charge in [-0.25, -0.2) is 4.68 Å². The van der Waals surface area contributed by atoms with Gasteiger partial charge in [0, 0.05) is 19.2 Å². The molecule has 2 heterocycles. The Kier molecular flexibility index (Phi) is 4.71. The van der Waals surface area contributed by atoms with Gasteiger partial charge in [0.2, 0.25) is 0 Å². The molecule has 1 aliphatic rings. The van der Waals surface area contributed by atoms with E-state index in [1.165, 1.54) is 0 Å². The Morgan fingerprint density at radius 1 is 1.35 bits per heavy atom. The predicted octanol–water partition coefficient (Wildman–Crippen LogP) is 1.68. The summed E-state index contributed by atoms with van der Waals surface area (Å²) in [6.07, 6.45) is 3.64. The molecule has 0 saturated heterocycles. The van der Waals surface area contributed by atoms with Gasteiger partial charge < -0.3 is 14.6 Å². The number of aryl methyl sites for hydroxylation is 1. The zero-order valence-corrected chi connectivity index (χ0v) is 13.4. The predicted molar refractivity (Wildman–Crippen MR) is 83.2 cm³/mol. The highest BCUT2D eigenvalue weighted by molar-refractivity contribution is 5.20. The van der Waals surface area contributed by atoms with Crippen LogP contribution in [-0.4, -0.2) is 33.1 Å². The monoisotopic (exact) mass is 319 g/mol. The van der Waals surface area contributed by atoms with E-state index in [-0.39, 0.29) is 17.6 Å². The lowest BCUT2D eigenvalue weighted by atomic mass is 9.91. The van der Waals surface area contributed by atoms with Gasteiger partial charge >= 0.3 is 6.01 Å². The maximum atomic E-state index is 11.9. The van der Waals surface area contributed by atoms with Crippen LogP contribution in [0.1, 0.15) is 43.2 Å². The fraction of sp³-hybridized carbons (Fsp3) is 0.600. The lowest BCUT2D eigenvalue weighted by Gasteiger charge is -2.29. The van der Waals surface area contributed by atoms with E-state index in [1.807, 2.05) is 6.92 Å². The molecule has 0 atom stereocenters. The quantitative estimate of drug-likeness (QED) is 0.895. The Balaban J connectivity index is 1.57. The molecule has 3 rings (SSSR count). The SMILES string of the molecule is COCc1noc(NC2CCC(n3nc(C)ccc3=O)CC2)n1. The van der Waals surface area contributed by atoms with Crippen molar-refractivity contribution in [1.29, 1.82) is 0 Å². The van der Waals surface area contributed by atoms with Crippen LogP contribution >= 0.6 is 0 Å². The largest absolute Gasteiger partial charge is 0.377 e. The smallest absolute Gasteiger partial charge is 0.321 e. The molecule has 0 bridgehead atoms. The molecule has 1 N–H and O–H groups in total. The minimum absolute atomic E-state index is 0.0342. The molecule has 0 amide bonds. The van der Waals surface area contributed by atoms with Crippen LogP contribution in [0.25, 0.3) is 0 Å². The van der Waals surface area contributed by atoms with Crippen molar-refractivity contribution in [3.8, 4) is 0 Å². The van der Waals surface area contributed by atoms with Crippen molar-refractivity contribution in [2.45, 2.75) is 51.3 Å².